The third-order valence-electron chi connectivity index (χ3n) is 2.98. The van der Waals surface area contributed by atoms with Crippen molar-refractivity contribution >= 4 is 21.2 Å². The van der Waals surface area contributed by atoms with Crippen molar-refractivity contribution in [3.05, 3.63) is 28.3 Å². The smallest absolute Gasteiger partial charge is 0.293 e. The van der Waals surface area contributed by atoms with Gasteiger partial charge >= 0.3 is 0 Å². The maximum absolute atomic E-state index is 11.4. The molecule has 1 atom stereocenters. The average molecular weight is 286 g/mol. The van der Waals surface area contributed by atoms with Crippen LogP contribution in [0.5, 0.6) is 0 Å². The average Bonchev–Trinajstić information content (AvgIpc) is 2.27. The summed E-state index contributed by atoms with van der Waals surface area (Å²) >= 11 is 0. The summed E-state index contributed by atoms with van der Waals surface area (Å²) in [5, 5.41) is 14.1. The van der Waals surface area contributed by atoms with Crippen LogP contribution >= 0.6 is 0 Å². The molecular weight excluding hydrogens is 268 g/mol. The molecular formula is C12H18N2O4S. The zero-order valence-electron chi connectivity index (χ0n) is 11.4. The summed E-state index contributed by atoms with van der Waals surface area (Å²) in [7, 11) is -3.45. The van der Waals surface area contributed by atoms with Crippen molar-refractivity contribution in [1.29, 1.82) is 0 Å². The number of nitrogens with one attached hydrogen (secondary N) is 1. The second kappa shape index (κ2) is 5.56. The highest BCUT2D eigenvalue weighted by molar-refractivity contribution is 7.90. The van der Waals surface area contributed by atoms with Crippen molar-refractivity contribution in [2.45, 2.75) is 31.7 Å². The van der Waals surface area contributed by atoms with Crippen LogP contribution in [0.25, 0.3) is 0 Å². The maximum atomic E-state index is 11.4. The molecule has 0 unspecified atom stereocenters. The summed E-state index contributed by atoms with van der Waals surface area (Å²) in [6, 6.07) is 3.94. The van der Waals surface area contributed by atoms with Crippen molar-refractivity contribution in [1.82, 2.24) is 0 Å². The lowest BCUT2D eigenvalue weighted by Gasteiger charge is -2.18. The van der Waals surface area contributed by atoms with Crippen molar-refractivity contribution in [3.63, 3.8) is 0 Å². The Morgan fingerprint density at radius 1 is 1.26 bits per heavy atom. The van der Waals surface area contributed by atoms with Gasteiger partial charge in [0.15, 0.2) is 9.84 Å². The van der Waals surface area contributed by atoms with Crippen LogP contribution in [-0.2, 0) is 9.84 Å². The molecule has 0 aliphatic heterocycles. The summed E-state index contributed by atoms with van der Waals surface area (Å²) in [5.41, 5.74) is 0.106. The molecule has 106 valence electrons. The first-order valence-electron chi connectivity index (χ1n) is 5.88. The molecule has 1 aromatic rings. The van der Waals surface area contributed by atoms with Gasteiger partial charge in [-0.1, -0.05) is 13.8 Å². The molecule has 0 amide bonds. The highest BCUT2D eigenvalue weighted by atomic mass is 32.2. The van der Waals surface area contributed by atoms with Gasteiger partial charge < -0.3 is 5.32 Å². The number of anilines is 1. The van der Waals surface area contributed by atoms with Gasteiger partial charge in [0.25, 0.3) is 5.69 Å². The molecule has 1 rings (SSSR count). The lowest BCUT2D eigenvalue weighted by Crippen LogP contribution is -2.22. The molecule has 0 bridgehead atoms. The third-order valence-corrected chi connectivity index (χ3v) is 4.09. The Morgan fingerprint density at radius 2 is 1.84 bits per heavy atom. The molecule has 6 nitrogen and oxygen atoms in total. The zero-order chi connectivity index (χ0) is 14.8. The predicted molar refractivity (Wildman–Crippen MR) is 74.1 cm³/mol. The number of sulfone groups is 1. The molecule has 19 heavy (non-hydrogen) atoms. The minimum atomic E-state index is -3.45. The summed E-state index contributed by atoms with van der Waals surface area (Å²) < 4.78 is 22.8. The highest BCUT2D eigenvalue weighted by Gasteiger charge is 2.20. The molecule has 0 aliphatic carbocycles. The van der Waals surface area contributed by atoms with Crippen molar-refractivity contribution in [3.8, 4) is 0 Å². The number of benzene rings is 1. The van der Waals surface area contributed by atoms with Gasteiger partial charge in [0.1, 0.15) is 5.69 Å². The van der Waals surface area contributed by atoms with Gasteiger partial charge in [-0.05, 0) is 25.0 Å². The van der Waals surface area contributed by atoms with E-state index in [9.17, 15) is 18.5 Å². The quantitative estimate of drug-likeness (QED) is 0.663. The van der Waals surface area contributed by atoms with Crippen molar-refractivity contribution in [2.75, 3.05) is 11.6 Å². The lowest BCUT2D eigenvalue weighted by atomic mass is 10.1. The van der Waals surface area contributed by atoms with Gasteiger partial charge in [0, 0.05) is 18.4 Å². The Morgan fingerprint density at radius 3 is 2.26 bits per heavy atom. The van der Waals surface area contributed by atoms with E-state index < -0.39 is 14.8 Å². The maximum Gasteiger partial charge on any atom is 0.293 e. The van der Waals surface area contributed by atoms with Crippen LogP contribution in [0.4, 0.5) is 11.4 Å². The highest BCUT2D eigenvalue weighted by Crippen LogP contribution is 2.28. The van der Waals surface area contributed by atoms with Crippen LogP contribution in [0, 0.1) is 16.0 Å². The number of nitro groups is 1. The molecule has 0 saturated carbocycles. The fourth-order valence-electron chi connectivity index (χ4n) is 1.43. The van der Waals surface area contributed by atoms with Gasteiger partial charge in [-0.25, -0.2) is 8.42 Å². The first-order chi connectivity index (χ1) is 8.62. The van der Waals surface area contributed by atoms with E-state index in [0.29, 0.717) is 11.6 Å². The van der Waals surface area contributed by atoms with E-state index in [4.69, 9.17) is 0 Å². The number of hydrogen-bond acceptors (Lipinski definition) is 5. The van der Waals surface area contributed by atoms with E-state index in [1.807, 2.05) is 20.8 Å². The Labute approximate surface area is 112 Å². The Balaban J connectivity index is 3.24. The lowest BCUT2D eigenvalue weighted by molar-refractivity contribution is -0.384. The molecule has 0 aliphatic rings. The van der Waals surface area contributed by atoms with Crippen LogP contribution < -0.4 is 5.32 Å². The number of nitrogens with zero attached hydrogens (tertiary/aromatic N) is 1. The fraction of sp³-hybridized carbons (Fsp3) is 0.500. The third kappa shape index (κ3) is 3.92. The molecule has 1 aromatic carbocycles. The van der Waals surface area contributed by atoms with E-state index in [0.717, 1.165) is 12.3 Å². The Hall–Kier alpha value is -1.63. The largest absolute Gasteiger partial charge is 0.377 e. The van der Waals surface area contributed by atoms with Crippen molar-refractivity contribution in [2.24, 2.45) is 5.92 Å². The van der Waals surface area contributed by atoms with Crippen LogP contribution in [0.2, 0.25) is 0 Å². The van der Waals surface area contributed by atoms with E-state index in [1.54, 1.807) is 0 Å². The van der Waals surface area contributed by atoms with Gasteiger partial charge in [0.2, 0.25) is 0 Å². The topological polar surface area (TPSA) is 89.3 Å². The molecule has 0 heterocycles. The minimum Gasteiger partial charge on any atom is -0.377 e. The fourth-order valence-corrected chi connectivity index (χ4v) is 2.07. The second-order valence-corrected chi connectivity index (χ2v) is 6.90. The SMILES string of the molecule is CC(C)[C@H](C)Nc1ccc(S(C)(=O)=O)cc1[N+](=O)[O-]. The van der Waals surface area contributed by atoms with Crippen LogP contribution in [0.3, 0.4) is 0 Å². The normalized spacial score (nSPS) is 13.3. The summed E-state index contributed by atoms with van der Waals surface area (Å²) in [5.74, 6) is 0.300. The summed E-state index contributed by atoms with van der Waals surface area (Å²) in [6.45, 7) is 5.90. The molecule has 1 N–H and O–H groups in total. The van der Waals surface area contributed by atoms with Crippen LogP contribution in [0.15, 0.2) is 23.1 Å². The van der Waals surface area contributed by atoms with Gasteiger partial charge in [-0.15, -0.1) is 0 Å². The van der Waals surface area contributed by atoms with Crippen molar-refractivity contribution < 1.29 is 13.3 Å². The Kier molecular flexibility index (Phi) is 4.52. The molecule has 0 radical (unpaired) electrons. The molecule has 0 saturated heterocycles. The monoisotopic (exact) mass is 286 g/mol. The first-order valence-corrected chi connectivity index (χ1v) is 7.77. The van der Waals surface area contributed by atoms with Crippen LogP contribution in [0.1, 0.15) is 20.8 Å². The van der Waals surface area contributed by atoms with Gasteiger partial charge in [-0.2, -0.15) is 0 Å². The molecule has 0 spiro atoms. The van der Waals surface area contributed by atoms with Gasteiger partial charge in [0.05, 0.1) is 9.82 Å². The second-order valence-electron chi connectivity index (χ2n) is 4.89. The minimum absolute atomic E-state index is 0.0442. The van der Waals surface area contributed by atoms with E-state index >= 15 is 0 Å². The summed E-state index contributed by atoms with van der Waals surface area (Å²) in [4.78, 5) is 10.4. The molecule has 7 heteroatoms. The van der Waals surface area contributed by atoms with E-state index in [2.05, 4.69) is 5.32 Å². The number of hydrogen-bond donors (Lipinski definition) is 1. The van der Waals surface area contributed by atoms with Crippen LogP contribution in [-0.4, -0.2) is 25.6 Å². The molecule has 0 aromatic heterocycles. The van der Waals surface area contributed by atoms with Gasteiger partial charge in [-0.3, -0.25) is 10.1 Å². The zero-order valence-corrected chi connectivity index (χ0v) is 12.2. The standard InChI is InChI=1S/C12H18N2O4S/c1-8(2)9(3)13-11-6-5-10(19(4,17)18)7-12(11)14(15)16/h5-9,13H,1-4H3/t9-/m0/s1. The number of nitro benzene ring substituents is 1. The van der Waals surface area contributed by atoms with E-state index in [1.165, 1.54) is 12.1 Å². The predicted octanol–water partition coefficient (Wildman–Crippen LogP) is 2.45. The summed E-state index contributed by atoms with van der Waals surface area (Å²) in [6.07, 6.45) is 1.02. The van der Waals surface area contributed by atoms with E-state index in [-0.39, 0.29) is 16.6 Å². The first kappa shape index (κ1) is 15.4. The Bertz CT molecular complexity index is 581. The number of rotatable bonds is 5. The molecule has 0 fully saturated rings.